The standard InChI is InChI=1S/C21H22N2O/c1-15(17-8-4-3-5-9-17)22-16(2)21(24)23-20-13-12-18-10-6-7-11-19(18)14-20/h3-16,22H,1-2H3,(H,23,24)/p+1/t15-,16+/m0/s1. The van der Waals surface area contributed by atoms with Crippen molar-refractivity contribution in [3.63, 3.8) is 0 Å². The summed E-state index contributed by atoms with van der Waals surface area (Å²) in [6.45, 7) is 4.06. The number of benzene rings is 3. The van der Waals surface area contributed by atoms with E-state index in [0.29, 0.717) is 0 Å². The molecule has 3 aromatic carbocycles. The molecule has 0 spiro atoms. The van der Waals surface area contributed by atoms with Crippen LogP contribution in [0.15, 0.2) is 72.8 Å². The molecule has 0 saturated heterocycles. The molecular formula is C21H23N2O+. The molecule has 0 fully saturated rings. The lowest BCUT2D eigenvalue weighted by Gasteiger charge is -2.17. The molecular weight excluding hydrogens is 296 g/mol. The molecule has 24 heavy (non-hydrogen) atoms. The summed E-state index contributed by atoms with van der Waals surface area (Å²) in [4.78, 5) is 12.5. The van der Waals surface area contributed by atoms with Crippen LogP contribution < -0.4 is 10.6 Å². The number of nitrogens with one attached hydrogen (secondary N) is 1. The Kier molecular flexibility index (Phi) is 4.92. The van der Waals surface area contributed by atoms with Crippen LogP contribution in [0.1, 0.15) is 25.5 Å². The van der Waals surface area contributed by atoms with Crippen molar-refractivity contribution in [2.24, 2.45) is 0 Å². The zero-order valence-corrected chi connectivity index (χ0v) is 14.1. The SMILES string of the molecule is C[C@H]([NH2+][C@H](C)C(=O)Nc1ccc2ccccc2c1)c1ccccc1. The second-order valence-corrected chi connectivity index (χ2v) is 6.23. The Morgan fingerprint density at radius 1 is 0.875 bits per heavy atom. The van der Waals surface area contributed by atoms with Crippen LogP contribution in [0.25, 0.3) is 10.8 Å². The molecule has 0 saturated carbocycles. The van der Waals surface area contributed by atoms with E-state index in [1.165, 1.54) is 10.9 Å². The molecule has 0 unspecified atom stereocenters. The van der Waals surface area contributed by atoms with Crippen LogP contribution in [0, 0.1) is 0 Å². The van der Waals surface area contributed by atoms with Crippen molar-refractivity contribution < 1.29 is 10.1 Å². The Morgan fingerprint density at radius 3 is 2.29 bits per heavy atom. The number of carbonyl (C=O) groups excluding carboxylic acids is 1. The molecule has 3 N–H and O–H groups in total. The number of rotatable bonds is 5. The van der Waals surface area contributed by atoms with Gasteiger partial charge in [0.15, 0.2) is 6.04 Å². The molecule has 3 heteroatoms. The zero-order valence-electron chi connectivity index (χ0n) is 14.1. The molecule has 3 nitrogen and oxygen atoms in total. The molecule has 0 radical (unpaired) electrons. The topological polar surface area (TPSA) is 45.7 Å². The first-order chi connectivity index (χ1) is 11.6. The number of hydrogen-bond acceptors (Lipinski definition) is 1. The van der Waals surface area contributed by atoms with Crippen LogP contribution in [-0.2, 0) is 4.79 Å². The number of nitrogens with two attached hydrogens (primary N) is 1. The van der Waals surface area contributed by atoms with Crippen LogP contribution in [0.3, 0.4) is 0 Å². The minimum atomic E-state index is -0.160. The van der Waals surface area contributed by atoms with Crippen molar-refractivity contribution in [3.05, 3.63) is 78.4 Å². The molecule has 0 bridgehead atoms. The Morgan fingerprint density at radius 2 is 1.54 bits per heavy atom. The van der Waals surface area contributed by atoms with Crippen LogP contribution in [0.4, 0.5) is 5.69 Å². The molecule has 0 heterocycles. The van der Waals surface area contributed by atoms with Crippen molar-refractivity contribution in [1.82, 2.24) is 0 Å². The Bertz CT molecular complexity index is 829. The van der Waals surface area contributed by atoms with Crippen molar-refractivity contribution in [2.45, 2.75) is 25.9 Å². The van der Waals surface area contributed by atoms with Gasteiger partial charge in [0.1, 0.15) is 6.04 Å². The maximum absolute atomic E-state index is 12.5. The van der Waals surface area contributed by atoms with Gasteiger partial charge in [-0.2, -0.15) is 0 Å². The van der Waals surface area contributed by atoms with Crippen LogP contribution in [-0.4, -0.2) is 11.9 Å². The zero-order chi connectivity index (χ0) is 16.9. The Labute approximate surface area is 142 Å². The van der Waals surface area contributed by atoms with Crippen LogP contribution in [0.5, 0.6) is 0 Å². The summed E-state index contributed by atoms with van der Waals surface area (Å²) in [5, 5.41) is 7.41. The van der Waals surface area contributed by atoms with E-state index in [2.05, 4.69) is 41.8 Å². The number of anilines is 1. The third-order valence-electron chi connectivity index (χ3n) is 4.33. The van der Waals surface area contributed by atoms with E-state index in [-0.39, 0.29) is 18.0 Å². The average molecular weight is 319 g/mol. The third-order valence-corrected chi connectivity index (χ3v) is 4.33. The van der Waals surface area contributed by atoms with E-state index >= 15 is 0 Å². The number of carbonyl (C=O) groups is 1. The van der Waals surface area contributed by atoms with E-state index in [0.717, 1.165) is 11.1 Å². The quantitative estimate of drug-likeness (QED) is 0.743. The molecule has 0 aliphatic rings. The first kappa shape index (κ1) is 16.2. The van der Waals surface area contributed by atoms with Crippen molar-refractivity contribution in [2.75, 3.05) is 5.32 Å². The van der Waals surface area contributed by atoms with Gasteiger partial charge in [0.05, 0.1) is 0 Å². The summed E-state index contributed by atoms with van der Waals surface area (Å²) in [5.41, 5.74) is 2.06. The van der Waals surface area contributed by atoms with E-state index in [9.17, 15) is 4.79 Å². The van der Waals surface area contributed by atoms with Crippen molar-refractivity contribution in [1.29, 1.82) is 0 Å². The van der Waals surface area contributed by atoms with Gasteiger partial charge in [-0.25, -0.2) is 0 Å². The lowest BCUT2D eigenvalue weighted by molar-refractivity contribution is -0.709. The van der Waals surface area contributed by atoms with Gasteiger partial charge in [0.25, 0.3) is 5.91 Å². The maximum Gasteiger partial charge on any atom is 0.282 e. The fraction of sp³-hybridized carbons (Fsp3) is 0.190. The smallest absolute Gasteiger partial charge is 0.282 e. The minimum absolute atomic E-state index is 0.0214. The van der Waals surface area contributed by atoms with Crippen molar-refractivity contribution >= 4 is 22.4 Å². The van der Waals surface area contributed by atoms with Gasteiger partial charge in [-0.15, -0.1) is 0 Å². The highest BCUT2D eigenvalue weighted by Crippen LogP contribution is 2.18. The molecule has 0 aromatic heterocycles. The highest BCUT2D eigenvalue weighted by atomic mass is 16.2. The highest BCUT2D eigenvalue weighted by molar-refractivity contribution is 5.96. The van der Waals surface area contributed by atoms with Gasteiger partial charge in [-0.3, -0.25) is 4.79 Å². The first-order valence-corrected chi connectivity index (χ1v) is 8.33. The maximum atomic E-state index is 12.5. The molecule has 3 rings (SSSR count). The average Bonchev–Trinajstić information content (AvgIpc) is 2.62. The minimum Gasteiger partial charge on any atom is -0.330 e. The Balaban J connectivity index is 1.64. The second-order valence-electron chi connectivity index (χ2n) is 6.23. The largest absolute Gasteiger partial charge is 0.330 e. The Hall–Kier alpha value is -2.65. The lowest BCUT2D eigenvalue weighted by atomic mass is 10.1. The van der Waals surface area contributed by atoms with Crippen LogP contribution in [0.2, 0.25) is 0 Å². The second kappa shape index (κ2) is 7.28. The molecule has 122 valence electrons. The summed E-state index contributed by atoms with van der Waals surface area (Å²) in [6.07, 6.45) is 0. The van der Waals surface area contributed by atoms with E-state index in [1.54, 1.807) is 0 Å². The highest BCUT2D eigenvalue weighted by Gasteiger charge is 2.20. The molecule has 2 atom stereocenters. The first-order valence-electron chi connectivity index (χ1n) is 8.33. The summed E-state index contributed by atoms with van der Waals surface area (Å²) in [6, 6.07) is 24.5. The number of fused-ring (bicyclic) bond motifs is 1. The van der Waals surface area contributed by atoms with Gasteiger partial charge >= 0.3 is 0 Å². The van der Waals surface area contributed by atoms with Gasteiger partial charge in [-0.1, -0.05) is 60.7 Å². The monoisotopic (exact) mass is 319 g/mol. The summed E-state index contributed by atoms with van der Waals surface area (Å²) in [5.74, 6) is 0.0214. The predicted octanol–water partition coefficient (Wildman–Crippen LogP) is 3.49. The molecule has 1 amide bonds. The van der Waals surface area contributed by atoms with Gasteiger partial charge in [0, 0.05) is 11.3 Å². The molecule has 3 aromatic rings. The fourth-order valence-corrected chi connectivity index (χ4v) is 2.91. The van der Waals surface area contributed by atoms with Crippen molar-refractivity contribution in [3.8, 4) is 0 Å². The number of amides is 1. The molecule has 0 aliphatic heterocycles. The third kappa shape index (κ3) is 3.81. The molecule has 0 aliphatic carbocycles. The van der Waals surface area contributed by atoms with E-state index in [4.69, 9.17) is 0 Å². The summed E-state index contributed by atoms with van der Waals surface area (Å²) >= 11 is 0. The van der Waals surface area contributed by atoms with Crippen LogP contribution >= 0.6 is 0 Å². The van der Waals surface area contributed by atoms with Gasteiger partial charge in [0.2, 0.25) is 0 Å². The number of quaternary nitrogens is 1. The fourth-order valence-electron chi connectivity index (χ4n) is 2.91. The van der Waals surface area contributed by atoms with Gasteiger partial charge in [-0.05, 0) is 36.8 Å². The lowest BCUT2D eigenvalue weighted by Crippen LogP contribution is -2.91. The summed E-state index contributed by atoms with van der Waals surface area (Å²) in [7, 11) is 0. The number of hydrogen-bond donors (Lipinski definition) is 2. The summed E-state index contributed by atoms with van der Waals surface area (Å²) < 4.78 is 0. The van der Waals surface area contributed by atoms with Gasteiger partial charge < -0.3 is 10.6 Å². The van der Waals surface area contributed by atoms with E-state index < -0.39 is 0 Å². The van der Waals surface area contributed by atoms with E-state index in [1.807, 2.05) is 55.5 Å². The normalized spacial score (nSPS) is 13.4. The predicted molar refractivity (Wildman–Crippen MR) is 98.8 cm³/mol.